The van der Waals surface area contributed by atoms with Crippen LogP contribution in [0.25, 0.3) is 0 Å². The minimum absolute atomic E-state index is 0.344. The van der Waals surface area contributed by atoms with E-state index in [0.29, 0.717) is 6.10 Å². The minimum atomic E-state index is 0.344. The van der Waals surface area contributed by atoms with Crippen molar-refractivity contribution in [2.75, 3.05) is 59.1 Å². The maximum atomic E-state index is 6.06. The Morgan fingerprint density at radius 3 is 2.59 bits per heavy atom. The summed E-state index contributed by atoms with van der Waals surface area (Å²) in [7, 11) is 0. The van der Waals surface area contributed by atoms with Gasteiger partial charge in [-0.05, 0) is 18.4 Å². The maximum absolute atomic E-state index is 6.06. The van der Waals surface area contributed by atoms with Crippen LogP contribution in [-0.4, -0.2) is 75.0 Å². The van der Waals surface area contributed by atoms with Crippen molar-refractivity contribution in [1.82, 2.24) is 9.80 Å². The third-order valence-electron chi connectivity index (χ3n) is 4.56. The first-order valence-electron chi connectivity index (χ1n) is 8.58. The molecule has 0 N–H and O–H groups in total. The molecule has 4 nitrogen and oxygen atoms in total. The molecule has 2 heterocycles. The van der Waals surface area contributed by atoms with Gasteiger partial charge in [0.25, 0.3) is 0 Å². The molecule has 3 rings (SSSR count). The summed E-state index contributed by atoms with van der Waals surface area (Å²) < 4.78 is 11.5. The van der Waals surface area contributed by atoms with E-state index in [4.69, 9.17) is 9.47 Å². The standard InChI is InChI=1S/C18H28N2O2/c1-2-5-17(6-3-1)7-9-19-8-4-12-22-18(15-19)16-20-10-13-21-14-11-20/h1-3,5-6,18H,4,7-16H2/t18-/m1/s1. The van der Waals surface area contributed by atoms with Crippen molar-refractivity contribution in [2.45, 2.75) is 18.9 Å². The molecule has 0 radical (unpaired) electrons. The second-order valence-electron chi connectivity index (χ2n) is 6.30. The summed E-state index contributed by atoms with van der Waals surface area (Å²) in [6, 6.07) is 10.8. The molecule has 2 saturated heterocycles. The van der Waals surface area contributed by atoms with Crippen LogP contribution in [0.5, 0.6) is 0 Å². The van der Waals surface area contributed by atoms with Crippen LogP contribution in [0.15, 0.2) is 30.3 Å². The zero-order valence-corrected chi connectivity index (χ0v) is 13.5. The summed E-state index contributed by atoms with van der Waals surface area (Å²) in [5.74, 6) is 0. The van der Waals surface area contributed by atoms with Crippen molar-refractivity contribution in [3.8, 4) is 0 Å². The molecular formula is C18H28N2O2. The maximum Gasteiger partial charge on any atom is 0.0828 e. The molecule has 0 saturated carbocycles. The van der Waals surface area contributed by atoms with Gasteiger partial charge < -0.3 is 14.4 Å². The Balaban J connectivity index is 1.46. The van der Waals surface area contributed by atoms with Crippen molar-refractivity contribution < 1.29 is 9.47 Å². The van der Waals surface area contributed by atoms with Gasteiger partial charge in [0.1, 0.15) is 0 Å². The van der Waals surface area contributed by atoms with E-state index < -0.39 is 0 Å². The molecule has 22 heavy (non-hydrogen) atoms. The van der Waals surface area contributed by atoms with Gasteiger partial charge in [-0.1, -0.05) is 30.3 Å². The highest BCUT2D eigenvalue weighted by molar-refractivity contribution is 5.14. The zero-order chi connectivity index (χ0) is 15.0. The molecule has 2 aliphatic rings. The molecule has 2 fully saturated rings. The number of hydrogen-bond acceptors (Lipinski definition) is 4. The van der Waals surface area contributed by atoms with E-state index in [9.17, 15) is 0 Å². The number of rotatable bonds is 5. The van der Waals surface area contributed by atoms with Crippen LogP contribution in [0.3, 0.4) is 0 Å². The lowest BCUT2D eigenvalue weighted by Crippen LogP contribution is -2.45. The average Bonchev–Trinajstić information content (AvgIpc) is 2.80. The summed E-state index contributed by atoms with van der Waals surface area (Å²) in [4.78, 5) is 5.06. The Morgan fingerprint density at radius 2 is 1.77 bits per heavy atom. The van der Waals surface area contributed by atoms with E-state index in [1.807, 2.05) is 0 Å². The van der Waals surface area contributed by atoms with Crippen LogP contribution in [-0.2, 0) is 15.9 Å². The van der Waals surface area contributed by atoms with E-state index in [1.54, 1.807) is 0 Å². The van der Waals surface area contributed by atoms with Crippen LogP contribution < -0.4 is 0 Å². The third kappa shape index (κ3) is 5.06. The van der Waals surface area contributed by atoms with Crippen molar-refractivity contribution in [2.24, 2.45) is 0 Å². The van der Waals surface area contributed by atoms with E-state index in [-0.39, 0.29) is 0 Å². The lowest BCUT2D eigenvalue weighted by molar-refractivity contribution is -0.0118. The first-order valence-corrected chi connectivity index (χ1v) is 8.58. The highest BCUT2D eigenvalue weighted by Gasteiger charge is 2.22. The number of nitrogens with zero attached hydrogens (tertiary/aromatic N) is 2. The van der Waals surface area contributed by atoms with E-state index in [2.05, 4.69) is 40.1 Å². The number of ether oxygens (including phenoxy) is 2. The summed E-state index contributed by atoms with van der Waals surface area (Å²) in [5.41, 5.74) is 1.43. The number of benzene rings is 1. The third-order valence-corrected chi connectivity index (χ3v) is 4.56. The van der Waals surface area contributed by atoms with Gasteiger partial charge >= 0.3 is 0 Å². The van der Waals surface area contributed by atoms with Gasteiger partial charge in [-0.3, -0.25) is 4.90 Å². The Hall–Kier alpha value is -0.940. The van der Waals surface area contributed by atoms with Crippen LogP contribution in [0, 0.1) is 0 Å². The summed E-state index contributed by atoms with van der Waals surface area (Å²) in [6.07, 6.45) is 2.62. The van der Waals surface area contributed by atoms with Gasteiger partial charge in [-0.15, -0.1) is 0 Å². The van der Waals surface area contributed by atoms with Gasteiger partial charge in [-0.25, -0.2) is 0 Å². The lowest BCUT2D eigenvalue weighted by Gasteiger charge is -2.31. The van der Waals surface area contributed by atoms with Crippen molar-refractivity contribution in [3.63, 3.8) is 0 Å². The summed E-state index contributed by atoms with van der Waals surface area (Å²) in [5, 5.41) is 0. The fraction of sp³-hybridized carbons (Fsp3) is 0.667. The molecule has 0 amide bonds. The van der Waals surface area contributed by atoms with Crippen LogP contribution in [0.4, 0.5) is 0 Å². The molecule has 1 aromatic carbocycles. The Bertz CT molecular complexity index is 420. The van der Waals surface area contributed by atoms with Gasteiger partial charge in [0, 0.05) is 45.9 Å². The minimum Gasteiger partial charge on any atom is -0.379 e. The predicted molar refractivity (Wildman–Crippen MR) is 88.2 cm³/mol. The summed E-state index contributed by atoms with van der Waals surface area (Å²) >= 11 is 0. The second kappa shape index (κ2) is 8.63. The molecule has 0 aliphatic carbocycles. The molecule has 122 valence electrons. The van der Waals surface area contributed by atoms with Gasteiger partial charge in [0.05, 0.1) is 19.3 Å². The number of morpholine rings is 1. The monoisotopic (exact) mass is 304 g/mol. The molecule has 0 spiro atoms. The highest BCUT2D eigenvalue weighted by atomic mass is 16.5. The van der Waals surface area contributed by atoms with Gasteiger partial charge in [0.15, 0.2) is 0 Å². The van der Waals surface area contributed by atoms with Crippen LogP contribution in [0.1, 0.15) is 12.0 Å². The summed E-state index contributed by atoms with van der Waals surface area (Å²) in [6.45, 7) is 9.12. The van der Waals surface area contributed by atoms with E-state index in [1.165, 1.54) is 5.56 Å². The molecule has 0 unspecified atom stereocenters. The van der Waals surface area contributed by atoms with Crippen molar-refractivity contribution in [3.05, 3.63) is 35.9 Å². The number of hydrogen-bond donors (Lipinski definition) is 0. The Kier molecular flexibility index (Phi) is 6.25. The fourth-order valence-electron chi connectivity index (χ4n) is 3.29. The quantitative estimate of drug-likeness (QED) is 0.826. The largest absolute Gasteiger partial charge is 0.379 e. The first-order chi connectivity index (χ1) is 10.9. The Morgan fingerprint density at radius 1 is 0.955 bits per heavy atom. The molecule has 4 heteroatoms. The van der Waals surface area contributed by atoms with Crippen LogP contribution in [0.2, 0.25) is 0 Å². The van der Waals surface area contributed by atoms with E-state index in [0.717, 1.165) is 71.9 Å². The normalized spacial score (nSPS) is 25.0. The molecule has 1 aromatic rings. The molecule has 0 aromatic heterocycles. The van der Waals surface area contributed by atoms with Crippen LogP contribution >= 0.6 is 0 Å². The lowest BCUT2D eigenvalue weighted by atomic mass is 10.1. The highest BCUT2D eigenvalue weighted by Crippen LogP contribution is 2.10. The first kappa shape index (κ1) is 15.9. The molecule has 0 bridgehead atoms. The smallest absolute Gasteiger partial charge is 0.0828 e. The molecule has 1 atom stereocenters. The SMILES string of the molecule is c1ccc(CCN2CCCO[C@@H](CN3CCOCC3)C2)cc1. The van der Waals surface area contributed by atoms with Gasteiger partial charge in [0.2, 0.25) is 0 Å². The zero-order valence-electron chi connectivity index (χ0n) is 13.5. The Labute approximate surface area is 134 Å². The topological polar surface area (TPSA) is 24.9 Å². The predicted octanol–water partition coefficient (Wildman–Crippen LogP) is 1.65. The molecule has 2 aliphatic heterocycles. The molecular weight excluding hydrogens is 276 g/mol. The van der Waals surface area contributed by atoms with E-state index >= 15 is 0 Å². The fourth-order valence-corrected chi connectivity index (χ4v) is 3.29. The second-order valence-corrected chi connectivity index (χ2v) is 6.30. The van der Waals surface area contributed by atoms with Crippen molar-refractivity contribution in [1.29, 1.82) is 0 Å². The average molecular weight is 304 g/mol. The van der Waals surface area contributed by atoms with Crippen molar-refractivity contribution >= 4 is 0 Å². The van der Waals surface area contributed by atoms with Gasteiger partial charge in [-0.2, -0.15) is 0 Å².